The Labute approximate surface area is 104 Å². The second kappa shape index (κ2) is 7.33. The summed E-state index contributed by atoms with van der Waals surface area (Å²) in [5, 5.41) is 3.85. The Morgan fingerprint density at radius 3 is 2.81 bits per heavy atom. The number of carbonyl (C=O) groups excluding carboxylic acids is 1. The van der Waals surface area contributed by atoms with E-state index >= 15 is 0 Å². The number of rotatable bonds is 6. The first-order chi connectivity index (χ1) is 7.74. The molecule has 16 heavy (non-hydrogen) atoms. The molecule has 1 aromatic heterocycles. The summed E-state index contributed by atoms with van der Waals surface area (Å²) >= 11 is 3.43. The van der Waals surface area contributed by atoms with Crippen LogP contribution in [0.25, 0.3) is 0 Å². The fourth-order valence-corrected chi connectivity index (χ4v) is 1.57. The molecular formula is C11H16BrN3O. The zero-order valence-corrected chi connectivity index (χ0v) is 10.9. The molecule has 0 aliphatic carbocycles. The Balaban J connectivity index is 2.21. The van der Waals surface area contributed by atoms with E-state index in [1.807, 2.05) is 0 Å². The van der Waals surface area contributed by atoms with Gasteiger partial charge in [0.05, 0.1) is 5.56 Å². The third-order valence-corrected chi connectivity index (χ3v) is 3.35. The van der Waals surface area contributed by atoms with E-state index in [4.69, 9.17) is 0 Å². The minimum Gasteiger partial charge on any atom is -0.352 e. The zero-order chi connectivity index (χ0) is 11.8. The summed E-state index contributed by atoms with van der Waals surface area (Å²) < 4.78 is 0. The highest BCUT2D eigenvalue weighted by Gasteiger charge is 2.05. The first kappa shape index (κ1) is 13.1. The Bertz CT molecular complexity index is 318. The van der Waals surface area contributed by atoms with Crippen molar-refractivity contribution in [3.8, 4) is 0 Å². The van der Waals surface area contributed by atoms with E-state index in [-0.39, 0.29) is 5.91 Å². The molecule has 0 aliphatic rings. The van der Waals surface area contributed by atoms with Crippen LogP contribution in [0, 0.1) is 5.92 Å². The molecule has 1 unspecified atom stereocenters. The van der Waals surface area contributed by atoms with Gasteiger partial charge in [-0.1, -0.05) is 22.9 Å². The summed E-state index contributed by atoms with van der Waals surface area (Å²) in [6.45, 7) is 2.88. The van der Waals surface area contributed by atoms with Crippen molar-refractivity contribution in [2.45, 2.75) is 19.8 Å². The minimum absolute atomic E-state index is 0.105. The van der Waals surface area contributed by atoms with Gasteiger partial charge in [-0.3, -0.25) is 4.79 Å². The number of halogens is 1. The number of hydrogen-bond donors (Lipinski definition) is 1. The summed E-state index contributed by atoms with van der Waals surface area (Å²) in [6, 6.07) is 0. The number of carbonyl (C=O) groups is 1. The van der Waals surface area contributed by atoms with E-state index in [1.54, 1.807) is 0 Å². The first-order valence-electron chi connectivity index (χ1n) is 5.33. The van der Waals surface area contributed by atoms with Crippen molar-refractivity contribution in [1.29, 1.82) is 0 Å². The molecule has 0 saturated heterocycles. The van der Waals surface area contributed by atoms with Gasteiger partial charge in [0.1, 0.15) is 6.33 Å². The number of nitrogens with zero attached hydrogens (tertiary/aromatic N) is 2. The number of amides is 1. The van der Waals surface area contributed by atoms with Crippen molar-refractivity contribution in [3.63, 3.8) is 0 Å². The quantitative estimate of drug-likeness (QED) is 0.643. The Kier molecular flexibility index (Phi) is 6.00. The molecule has 0 bridgehead atoms. The van der Waals surface area contributed by atoms with Crippen molar-refractivity contribution in [3.05, 3.63) is 24.3 Å². The summed E-state index contributed by atoms with van der Waals surface area (Å²) in [6.07, 6.45) is 6.55. The first-order valence-corrected chi connectivity index (χ1v) is 6.45. The van der Waals surface area contributed by atoms with E-state index in [0.29, 0.717) is 18.0 Å². The minimum atomic E-state index is -0.105. The molecule has 1 aromatic rings. The van der Waals surface area contributed by atoms with Crippen LogP contribution >= 0.6 is 15.9 Å². The van der Waals surface area contributed by atoms with Crippen LogP contribution in [0.15, 0.2) is 18.7 Å². The molecule has 0 spiro atoms. The Hall–Kier alpha value is -0.970. The van der Waals surface area contributed by atoms with Crippen LogP contribution in [0.4, 0.5) is 0 Å². The second-order valence-electron chi connectivity index (χ2n) is 3.78. The molecule has 0 radical (unpaired) electrons. The lowest BCUT2D eigenvalue weighted by Gasteiger charge is -2.07. The number of nitrogens with one attached hydrogen (secondary N) is 1. The summed E-state index contributed by atoms with van der Waals surface area (Å²) in [4.78, 5) is 19.2. The van der Waals surface area contributed by atoms with Gasteiger partial charge in [-0.05, 0) is 18.8 Å². The van der Waals surface area contributed by atoms with Crippen molar-refractivity contribution in [2.24, 2.45) is 5.92 Å². The molecule has 4 nitrogen and oxygen atoms in total. The standard InChI is InChI=1S/C11H16BrN3O/c1-9(5-12)3-2-4-15-11(16)10-6-13-8-14-7-10/h6-9H,2-5H2,1H3,(H,15,16). The van der Waals surface area contributed by atoms with Crippen LogP contribution in [0.5, 0.6) is 0 Å². The molecule has 1 heterocycles. The SMILES string of the molecule is CC(CBr)CCCNC(=O)c1cncnc1. The van der Waals surface area contributed by atoms with Gasteiger partial charge in [0, 0.05) is 24.3 Å². The van der Waals surface area contributed by atoms with E-state index in [9.17, 15) is 4.79 Å². The van der Waals surface area contributed by atoms with Gasteiger partial charge in [0.25, 0.3) is 5.91 Å². The van der Waals surface area contributed by atoms with E-state index in [2.05, 4.69) is 38.1 Å². The largest absolute Gasteiger partial charge is 0.352 e. The van der Waals surface area contributed by atoms with Crippen LogP contribution < -0.4 is 5.32 Å². The van der Waals surface area contributed by atoms with Gasteiger partial charge in [-0.15, -0.1) is 0 Å². The van der Waals surface area contributed by atoms with Gasteiger partial charge in [-0.2, -0.15) is 0 Å². The normalized spacial score (nSPS) is 12.1. The summed E-state index contributed by atoms with van der Waals surface area (Å²) in [7, 11) is 0. The number of hydrogen-bond acceptors (Lipinski definition) is 3. The van der Waals surface area contributed by atoms with Crippen LogP contribution in [0.3, 0.4) is 0 Å². The second-order valence-corrected chi connectivity index (χ2v) is 4.43. The number of aromatic nitrogens is 2. The maximum absolute atomic E-state index is 11.6. The predicted molar refractivity (Wildman–Crippen MR) is 66.6 cm³/mol. The fraction of sp³-hybridized carbons (Fsp3) is 0.545. The fourth-order valence-electron chi connectivity index (χ4n) is 1.25. The smallest absolute Gasteiger partial charge is 0.254 e. The van der Waals surface area contributed by atoms with Crippen molar-refractivity contribution >= 4 is 21.8 Å². The predicted octanol–water partition coefficient (Wildman–Crippen LogP) is 2.02. The molecule has 1 atom stereocenters. The third kappa shape index (κ3) is 4.70. The number of alkyl halides is 1. The summed E-state index contributed by atoms with van der Waals surface area (Å²) in [5.74, 6) is 0.545. The molecule has 5 heteroatoms. The molecule has 0 fully saturated rings. The lowest BCUT2D eigenvalue weighted by Crippen LogP contribution is -2.25. The van der Waals surface area contributed by atoms with Gasteiger partial charge in [-0.25, -0.2) is 9.97 Å². The average molecular weight is 286 g/mol. The highest BCUT2D eigenvalue weighted by atomic mass is 79.9. The highest BCUT2D eigenvalue weighted by Crippen LogP contribution is 2.07. The zero-order valence-electron chi connectivity index (χ0n) is 9.32. The molecule has 1 N–H and O–H groups in total. The van der Waals surface area contributed by atoms with Crippen LogP contribution in [0.1, 0.15) is 30.1 Å². The van der Waals surface area contributed by atoms with E-state index in [0.717, 1.165) is 18.2 Å². The highest BCUT2D eigenvalue weighted by molar-refractivity contribution is 9.09. The average Bonchev–Trinajstić information content (AvgIpc) is 2.35. The third-order valence-electron chi connectivity index (χ3n) is 2.25. The Morgan fingerprint density at radius 1 is 1.50 bits per heavy atom. The molecule has 1 amide bonds. The molecule has 0 saturated carbocycles. The maximum Gasteiger partial charge on any atom is 0.254 e. The van der Waals surface area contributed by atoms with E-state index < -0.39 is 0 Å². The molecule has 88 valence electrons. The molecular weight excluding hydrogens is 270 g/mol. The maximum atomic E-state index is 11.6. The van der Waals surface area contributed by atoms with Crippen LogP contribution in [0.2, 0.25) is 0 Å². The lowest BCUT2D eigenvalue weighted by atomic mass is 10.1. The van der Waals surface area contributed by atoms with Gasteiger partial charge in [0.2, 0.25) is 0 Å². The van der Waals surface area contributed by atoms with Crippen LogP contribution in [-0.4, -0.2) is 27.7 Å². The van der Waals surface area contributed by atoms with Crippen molar-refractivity contribution in [2.75, 3.05) is 11.9 Å². The van der Waals surface area contributed by atoms with Gasteiger partial charge < -0.3 is 5.32 Å². The monoisotopic (exact) mass is 285 g/mol. The topological polar surface area (TPSA) is 54.9 Å². The Morgan fingerprint density at radius 2 is 2.19 bits per heavy atom. The van der Waals surface area contributed by atoms with Crippen molar-refractivity contribution in [1.82, 2.24) is 15.3 Å². The molecule has 1 rings (SSSR count). The van der Waals surface area contributed by atoms with Crippen LogP contribution in [-0.2, 0) is 0 Å². The van der Waals surface area contributed by atoms with E-state index in [1.165, 1.54) is 18.7 Å². The van der Waals surface area contributed by atoms with Gasteiger partial charge >= 0.3 is 0 Å². The van der Waals surface area contributed by atoms with Crippen molar-refractivity contribution < 1.29 is 4.79 Å². The lowest BCUT2D eigenvalue weighted by molar-refractivity contribution is 0.0952. The van der Waals surface area contributed by atoms with Gasteiger partial charge in [0.15, 0.2) is 0 Å². The summed E-state index contributed by atoms with van der Waals surface area (Å²) in [5.41, 5.74) is 0.510. The molecule has 0 aromatic carbocycles. The molecule has 0 aliphatic heterocycles.